The Hall–Kier alpha value is -0.120. The van der Waals surface area contributed by atoms with Crippen LogP contribution in [0.3, 0.4) is 0 Å². The minimum atomic E-state index is -0.383. The monoisotopic (exact) mass is 203 g/mol. The lowest BCUT2D eigenvalue weighted by molar-refractivity contribution is 0.0689. The highest BCUT2D eigenvalue weighted by molar-refractivity contribution is 4.75. The maximum absolute atomic E-state index is 9.06. The third-order valence-electron chi connectivity index (χ3n) is 2.90. The van der Waals surface area contributed by atoms with Crippen LogP contribution >= 0.6 is 0 Å². The molecule has 0 radical (unpaired) electrons. The van der Waals surface area contributed by atoms with Gasteiger partial charge in [0.2, 0.25) is 0 Å². The number of aliphatic hydroxyl groups is 2. The second kappa shape index (κ2) is 7.21. The summed E-state index contributed by atoms with van der Waals surface area (Å²) in [5, 5.41) is 21.4. The molecule has 0 unspecified atom stereocenters. The first kappa shape index (κ1) is 13.9. The Morgan fingerprint density at radius 3 is 2.00 bits per heavy atom. The molecule has 0 aromatic rings. The summed E-state index contributed by atoms with van der Waals surface area (Å²) >= 11 is 0. The van der Waals surface area contributed by atoms with Crippen LogP contribution in [0.15, 0.2) is 0 Å². The Bertz CT molecular complexity index is 131. The number of aliphatic hydroxyl groups excluding tert-OH is 2. The number of nitrogens with one attached hydrogen (secondary N) is 1. The van der Waals surface area contributed by atoms with Gasteiger partial charge in [0.15, 0.2) is 0 Å². The van der Waals surface area contributed by atoms with Gasteiger partial charge >= 0.3 is 0 Å². The maximum atomic E-state index is 9.06. The van der Waals surface area contributed by atoms with Crippen LogP contribution in [-0.2, 0) is 0 Å². The van der Waals surface area contributed by atoms with Crippen LogP contribution in [0, 0.1) is 11.3 Å². The lowest BCUT2D eigenvalue weighted by Crippen LogP contribution is -2.39. The molecular weight excluding hydrogens is 178 g/mol. The molecule has 86 valence electrons. The molecule has 3 N–H and O–H groups in total. The molecule has 0 heterocycles. The van der Waals surface area contributed by atoms with Gasteiger partial charge in [-0.05, 0) is 12.5 Å². The van der Waals surface area contributed by atoms with Gasteiger partial charge in [-0.3, -0.25) is 0 Å². The van der Waals surface area contributed by atoms with Gasteiger partial charge in [0.25, 0.3) is 0 Å². The number of hydrogen-bond donors (Lipinski definition) is 3. The molecule has 0 aromatic carbocycles. The molecule has 0 atom stereocenters. The molecule has 0 amide bonds. The molecule has 0 saturated heterocycles. The van der Waals surface area contributed by atoms with E-state index in [1.807, 2.05) is 6.92 Å². The van der Waals surface area contributed by atoms with Crippen molar-refractivity contribution in [3.05, 3.63) is 0 Å². The predicted molar refractivity (Wildman–Crippen MR) is 59.2 cm³/mol. The summed E-state index contributed by atoms with van der Waals surface area (Å²) in [4.78, 5) is 0. The number of hydrogen-bond acceptors (Lipinski definition) is 3. The molecule has 3 heteroatoms. The van der Waals surface area contributed by atoms with Gasteiger partial charge in [-0.25, -0.2) is 0 Å². The third-order valence-corrected chi connectivity index (χ3v) is 2.90. The van der Waals surface area contributed by atoms with Gasteiger partial charge in [0, 0.05) is 12.0 Å². The fourth-order valence-corrected chi connectivity index (χ4v) is 1.32. The molecule has 0 saturated carbocycles. The zero-order valence-electron chi connectivity index (χ0n) is 9.71. The quantitative estimate of drug-likeness (QED) is 0.552. The van der Waals surface area contributed by atoms with Crippen LogP contribution in [0.25, 0.3) is 0 Å². The zero-order valence-corrected chi connectivity index (χ0v) is 9.71. The van der Waals surface area contributed by atoms with Crippen molar-refractivity contribution in [3.63, 3.8) is 0 Å². The molecule has 0 aliphatic rings. The second-order valence-corrected chi connectivity index (χ2v) is 4.44. The van der Waals surface area contributed by atoms with E-state index in [9.17, 15) is 0 Å². The van der Waals surface area contributed by atoms with E-state index in [0.29, 0.717) is 12.5 Å². The largest absolute Gasteiger partial charge is 0.396 e. The molecule has 0 aliphatic heterocycles. The third kappa shape index (κ3) is 4.94. The highest BCUT2D eigenvalue weighted by Crippen LogP contribution is 2.13. The molecule has 0 aliphatic carbocycles. The summed E-state index contributed by atoms with van der Waals surface area (Å²) in [6, 6.07) is 0. The Morgan fingerprint density at radius 1 is 1.14 bits per heavy atom. The van der Waals surface area contributed by atoms with Gasteiger partial charge in [0.1, 0.15) is 0 Å². The summed E-state index contributed by atoms with van der Waals surface area (Å²) < 4.78 is 0. The van der Waals surface area contributed by atoms with Gasteiger partial charge < -0.3 is 15.5 Å². The van der Waals surface area contributed by atoms with Crippen molar-refractivity contribution in [2.45, 2.75) is 33.6 Å². The first-order chi connectivity index (χ1) is 6.61. The molecule has 0 fully saturated rings. The molecule has 0 rings (SSSR count). The highest BCUT2D eigenvalue weighted by Gasteiger charge is 2.21. The van der Waals surface area contributed by atoms with Crippen LogP contribution in [0.5, 0.6) is 0 Å². The molecular formula is C11H25NO2. The van der Waals surface area contributed by atoms with Crippen LogP contribution in [0.2, 0.25) is 0 Å². The number of rotatable bonds is 8. The highest BCUT2D eigenvalue weighted by atomic mass is 16.3. The van der Waals surface area contributed by atoms with Crippen LogP contribution in [-0.4, -0.2) is 36.5 Å². The summed E-state index contributed by atoms with van der Waals surface area (Å²) in [5.74, 6) is 0.705. The summed E-state index contributed by atoms with van der Waals surface area (Å²) in [5.41, 5.74) is -0.383. The van der Waals surface area contributed by atoms with E-state index in [4.69, 9.17) is 10.2 Å². The van der Waals surface area contributed by atoms with Gasteiger partial charge in [0.05, 0.1) is 13.2 Å². The van der Waals surface area contributed by atoms with Crippen LogP contribution in [0.4, 0.5) is 0 Å². The maximum Gasteiger partial charge on any atom is 0.0518 e. The first-order valence-electron chi connectivity index (χ1n) is 5.54. The van der Waals surface area contributed by atoms with Crippen molar-refractivity contribution in [3.8, 4) is 0 Å². The van der Waals surface area contributed by atoms with E-state index in [0.717, 1.165) is 6.54 Å². The van der Waals surface area contributed by atoms with E-state index in [1.165, 1.54) is 12.8 Å². The minimum absolute atomic E-state index is 0.0272. The normalized spacial score (nSPS) is 12.4. The standard InChI is InChI=1S/C11H25NO2/c1-4-10(5-2)6-12-7-11(3,8-13)9-14/h10,12-14H,4-9H2,1-3H3. The van der Waals surface area contributed by atoms with Crippen molar-refractivity contribution in [2.75, 3.05) is 26.3 Å². The predicted octanol–water partition coefficient (Wildman–Crippen LogP) is 1.00. The van der Waals surface area contributed by atoms with Crippen LogP contribution in [0.1, 0.15) is 33.6 Å². The van der Waals surface area contributed by atoms with Crippen molar-refractivity contribution in [1.29, 1.82) is 0 Å². The first-order valence-corrected chi connectivity index (χ1v) is 5.54. The van der Waals surface area contributed by atoms with E-state index in [-0.39, 0.29) is 18.6 Å². The van der Waals surface area contributed by atoms with E-state index < -0.39 is 0 Å². The van der Waals surface area contributed by atoms with Gasteiger partial charge in [-0.1, -0.05) is 33.6 Å². The topological polar surface area (TPSA) is 52.5 Å². The molecule has 14 heavy (non-hydrogen) atoms. The van der Waals surface area contributed by atoms with Crippen molar-refractivity contribution >= 4 is 0 Å². The Kier molecular flexibility index (Phi) is 7.15. The Labute approximate surface area is 87.5 Å². The van der Waals surface area contributed by atoms with E-state index >= 15 is 0 Å². The molecule has 0 bridgehead atoms. The summed E-state index contributed by atoms with van der Waals surface area (Å²) in [6.07, 6.45) is 2.36. The van der Waals surface area contributed by atoms with E-state index in [1.54, 1.807) is 0 Å². The average molecular weight is 203 g/mol. The second-order valence-electron chi connectivity index (χ2n) is 4.44. The molecule has 0 spiro atoms. The molecule has 3 nitrogen and oxygen atoms in total. The Balaban J connectivity index is 3.70. The molecule has 0 aromatic heterocycles. The smallest absolute Gasteiger partial charge is 0.0518 e. The van der Waals surface area contributed by atoms with Crippen molar-refractivity contribution < 1.29 is 10.2 Å². The average Bonchev–Trinajstić information content (AvgIpc) is 2.24. The fourth-order valence-electron chi connectivity index (χ4n) is 1.32. The minimum Gasteiger partial charge on any atom is -0.396 e. The summed E-state index contributed by atoms with van der Waals surface area (Å²) in [7, 11) is 0. The lowest BCUT2D eigenvalue weighted by Gasteiger charge is -2.26. The van der Waals surface area contributed by atoms with Crippen molar-refractivity contribution in [2.24, 2.45) is 11.3 Å². The lowest BCUT2D eigenvalue weighted by atomic mass is 9.92. The van der Waals surface area contributed by atoms with Gasteiger partial charge in [-0.2, -0.15) is 0 Å². The van der Waals surface area contributed by atoms with Gasteiger partial charge in [-0.15, -0.1) is 0 Å². The fraction of sp³-hybridized carbons (Fsp3) is 1.00. The Morgan fingerprint density at radius 2 is 1.64 bits per heavy atom. The summed E-state index contributed by atoms with van der Waals surface area (Å²) in [6.45, 7) is 7.96. The van der Waals surface area contributed by atoms with E-state index in [2.05, 4.69) is 19.2 Å². The van der Waals surface area contributed by atoms with Crippen molar-refractivity contribution in [1.82, 2.24) is 5.32 Å². The zero-order chi connectivity index (χ0) is 11.0. The van der Waals surface area contributed by atoms with Crippen LogP contribution < -0.4 is 5.32 Å². The SMILES string of the molecule is CCC(CC)CNCC(C)(CO)CO.